The fourth-order valence-electron chi connectivity index (χ4n) is 3.75. The summed E-state index contributed by atoms with van der Waals surface area (Å²) < 4.78 is 11.4. The number of hydrogen-bond acceptors (Lipinski definition) is 6. The van der Waals surface area contributed by atoms with E-state index >= 15 is 0 Å². The van der Waals surface area contributed by atoms with Crippen LogP contribution in [0.2, 0.25) is 0 Å². The maximum absolute atomic E-state index is 13.2. The van der Waals surface area contributed by atoms with Gasteiger partial charge in [0.05, 0.1) is 12.0 Å². The molecule has 1 heterocycles. The maximum Gasteiger partial charge on any atom is 0.217 e. The largest absolute Gasteiger partial charge is 0.494 e. The third-order valence-corrected chi connectivity index (χ3v) is 5.70. The number of nitrogen functional groups attached to an aromatic ring is 1. The lowest BCUT2D eigenvalue weighted by atomic mass is 9.99. The number of ketones is 1. The average molecular weight is 473 g/mol. The van der Waals surface area contributed by atoms with Crippen molar-refractivity contribution in [2.75, 3.05) is 12.3 Å². The monoisotopic (exact) mass is 472 g/mol. The van der Waals surface area contributed by atoms with E-state index in [9.17, 15) is 9.59 Å². The van der Waals surface area contributed by atoms with Crippen molar-refractivity contribution in [1.82, 2.24) is 0 Å². The number of thiocarbonyl (C=S) groups is 1. The molecule has 0 saturated carbocycles. The van der Waals surface area contributed by atoms with Gasteiger partial charge in [0.25, 0.3) is 0 Å². The number of anilines is 1. The standard InChI is InChI=1S/C27H24N2O4S/c28-23-25(31)22-20(10-6-11-21(22)33-26(23)27(29)34)24(30)18-12-14-19(15-13-18)32-16-5-4-9-17-7-2-1-3-8-17/h1-3,6-8,10-15H,4-5,9,16,28H2,(H2,29,34). The summed E-state index contributed by atoms with van der Waals surface area (Å²) in [6, 6.07) is 22.0. The lowest BCUT2D eigenvalue weighted by Gasteiger charge is -2.10. The Bertz CT molecular complexity index is 1400. The highest BCUT2D eigenvalue weighted by molar-refractivity contribution is 7.80. The van der Waals surface area contributed by atoms with Crippen molar-refractivity contribution < 1.29 is 13.9 Å². The van der Waals surface area contributed by atoms with Gasteiger partial charge in [-0.1, -0.05) is 54.7 Å². The first-order valence-corrected chi connectivity index (χ1v) is 11.3. The van der Waals surface area contributed by atoms with Crippen molar-refractivity contribution in [2.24, 2.45) is 5.73 Å². The zero-order chi connectivity index (χ0) is 24.1. The van der Waals surface area contributed by atoms with E-state index in [0.717, 1.165) is 19.3 Å². The predicted molar refractivity (Wildman–Crippen MR) is 138 cm³/mol. The van der Waals surface area contributed by atoms with Gasteiger partial charge in [0.15, 0.2) is 11.5 Å². The van der Waals surface area contributed by atoms with E-state index in [1.807, 2.05) is 18.2 Å². The minimum Gasteiger partial charge on any atom is -0.494 e. The Kier molecular flexibility index (Phi) is 7.04. The van der Waals surface area contributed by atoms with Crippen molar-refractivity contribution in [3.63, 3.8) is 0 Å². The fraction of sp³-hybridized carbons (Fsp3) is 0.148. The third-order valence-electron chi connectivity index (χ3n) is 5.51. The Labute approximate surface area is 202 Å². The van der Waals surface area contributed by atoms with Crippen LogP contribution in [0.25, 0.3) is 11.0 Å². The molecule has 0 radical (unpaired) electrons. The summed E-state index contributed by atoms with van der Waals surface area (Å²) >= 11 is 4.90. The van der Waals surface area contributed by atoms with Crippen molar-refractivity contribution in [3.05, 3.63) is 105 Å². The molecule has 4 rings (SSSR count). The van der Waals surface area contributed by atoms with Gasteiger partial charge >= 0.3 is 0 Å². The molecule has 0 saturated heterocycles. The molecule has 1 aromatic heterocycles. The quantitative estimate of drug-likeness (QED) is 0.207. The molecule has 0 bridgehead atoms. The number of ether oxygens (including phenoxy) is 1. The highest BCUT2D eigenvalue weighted by Gasteiger charge is 2.20. The molecule has 0 atom stereocenters. The van der Waals surface area contributed by atoms with E-state index in [-0.39, 0.29) is 38.8 Å². The van der Waals surface area contributed by atoms with Crippen molar-refractivity contribution in [2.45, 2.75) is 19.3 Å². The van der Waals surface area contributed by atoms with Gasteiger partial charge in [-0.2, -0.15) is 0 Å². The second kappa shape index (κ2) is 10.3. The van der Waals surface area contributed by atoms with Crippen LogP contribution in [0.3, 0.4) is 0 Å². The minimum absolute atomic E-state index is 0.0534. The fourth-order valence-corrected chi connectivity index (χ4v) is 3.90. The number of nitrogens with two attached hydrogens (primary N) is 2. The van der Waals surface area contributed by atoms with Gasteiger partial charge in [0.2, 0.25) is 5.43 Å². The highest BCUT2D eigenvalue weighted by Crippen LogP contribution is 2.24. The molecule has 4 N–H and O–H groups in total. The average Bonchev–Trinajstić information content (AvgIpc) is 2.86. The molecule has 172 valence electrons. The Morgan fingerprint density at radius 3 is 2.38 bits per heavy atom. The molecule has 0 aliphatic heterocycles. The van der Waals surface area contributed by atoms with Gasteiger partial charge in [-0.3, -0.25) is 9.59 Å². The first-order chi connectivity index (χ1) is 16.5. The third kappa shape index (κ3) is 5.00. The van der Waals surface area contributed by atoms with Gasteiger partial charge in [-0.15, -0.1) is 0 Å². The number of carbonyl (C=O) groups is 1. The van der Waals surface area contributed by atoms with Crippen LogP contribution in [-0.4, -0.2) is 17.4 Å². The van der Waals surface area contributed by atoms with Crippen molar-refractivity contribution in [1.29, 1.82) is 0 Å². The molecule has 0 amide bonds. The van der Waals surface area contributed by atoms with E-state index in [1.54, 1.807) is 42.5 Å². The van der Waals surface area contributed by atoms with Crippen molar-refractivity contribution in [3.8, 4) is 5.75 Å². The van der Waals surface area contributed by atoms with Crippen LogP contribution < -0.4 is 21.6 Å². The first kappa shape index (κ1) is 23.2. The molecule has 7 heteroatoms. The van der Waals surface area contributed by atoms with Gasteiger partial charge in [-0.25, -0.2) is 0 Å². The van der Waals surface area contributed by atoms with E-state index < -0.39 is 5.43 Å². The van der Waals surface area contributed by atoms with E-state index in [2.05, 4.69) is 12.1 Å². The second-order valence-corrected chi connectivity index (χ2v) is 8.30. The van der Waals surface area contributed by atoms with Crippen molar-refractivity contribution >= 4 is 39.6 Å². The molecule has 4 aromatic rings. The van der Waals surface area contributed by atoms with Crippen LogP contribution >= 0.6 is 12.2 Å². The number of benzene rings is 3. The second-order valence-electron chi connectivity index (χ2n) is 7.86. The van der Waals surface area contributed by atoms with Crippen LogP contribution in [-0.2, 0) is 6.42 Å². The lowest BCUT2D eigenvalue weighted by molar-refractivity contribution is 0.104. The molecule has 0 spiro atoms. The molecule has 0 aliphatic rings. The van der Waals surface area contributed by atoms with Gasteiger partial charge in [0.1, 0.15) is 22.0 Å². The van der Waals surface area contributed by atoms with E-state index in [1.165, 1.54) is 5.56 Å². The Morgan fingerprint density at radius 1 is 0.941 bits per heavy atom. The van der Waals surface area contributed by atoms with Gasteiger partial charge < -0.3 is 20.6 Å². The molecule has 6 nitrogen and oxygen atoms in total. The topological polar surface area (TPSA) is 109 Å². The molecule has 0 aliphatic carbocycles. The summed E-state index contributed by atoms with van der Waals surface area (Å²) in [5.41, 5.74) is 12.8. The number of rotatable bonds is 9. The molecule has 34 heavy (non-hydrogen) atoms. The number of hydrogen-bond donors (Lipinski definition) is 2. The van der Waals surface area contributed by atoms with Gasteiger partial charge in [0, 0.05) is 11.1 Å². The zero-order valence-corrected chi connectivity index (χ0v) is 19.3. The Hall–Kier alpha value is -3.97. The van der Waals surface area contributed by atoms with Crippen LogP contribution in [0.5, 0.6) is 5.75 Å². The number of fused-ring (bicyclic) bond motifs is 1. The van der Waals surface area contributed by atoms with E-state index in [4.69, 9.17) is 32.8 Å². The number of carbonyl (C=O) groups excluding carboxylic acids is 1. The molecule has 3 aromatic carbocycles. The molecular weight excluding hydrogens is 448 g/mol. The van der Waals surface area contributed by atoms with Crippen LogP contribution in [0.1, 0.15) is 40.1 Å². The van der Waals surface area contributed by atoms with Crippen LogP contribution in [0.4, 0.5) is 5.69 Å². The number of unbranched alkanes of at least 4 members (excludes halogenated alkanes) is 1. The summed E-state index contributed by atoms with van der Waals surface area (Å²) in [7, 11) is 0. The van der Waals surface area contributed by atoms with E-state index in [0.29, 0.717) is 17.9 Å². The normalized spacial score (nSPS) is 10.8. The molecule has 0 fully saturated rings. The van der Waals surface area contributed by atoms with Crippen LogP contribution in [0, 0.1) is 0 Å². The summed E-state index contributed by atoms with van der Waals surface area (Å²) in [6.45, 7) is 0.592. The zero-order valence-electron chi connectivity index (χ0n) is 18.5. The predicted octanol–water partition coefficient (Wildman–Crippen LogP) is 4.64. The minimum atomic E-state index is -0.538. The Balaban J connectivity index is 1.45. The Morgan fingerprint density at radius 2 is 1.68 bits per heavy atom. The van der Waals surface area contributed by atoms with Gasteiger partial charge in [-0.05, 0) is 55.2 Å². The summed E-state index contributed by atoms with van der Waals surface area (Å²) in [6.07, 6.45) is 2.97. The molecular formula is C27H24N2O4S. The summed E-state index contributed by atoms with van der Waals surface area (Å²) in [4.78, 5) is 25.9. The first-order valence-electron chi connectivity index (χ1n) is 10.9. The molecule has 0 unspecified atom stereocenters. The summed E-state index contributed by atoms with van der Waals surface area (Å²) in [5, 5.41) is 0.101. The lowest BCUT2D eigenvalue weighted by Crippen LogP contribution is -2.20. The van der Waals surface area contributed by atoms with Crippen LogP contribution in [0.15, 0.2) is 82.0 Å². The number of aryl methyl sites for hydroxylation is 1. The SMILES string of the molecule is NC(=S)c1oc2cccc(C(=O)c3ccc(OCCCCc4ccccc4)cc3)c2c(=O)c1N. The maximum atomic E-state index is 13.2. The summed E-state index contributed by atoms with van der Waals surface area (Å²) in [5.74, 6) is 0.302. The smallest absolute Gasteiger partial charge is 0.217 e. The highest BCUT2D eigenvalue weighted by atomic mass is 32.1.